The molecule has 4 aromatic rings. The van der Waals surface area contributed by atoms with Crippen molar-refractivity contribution in [1.29, 1.82) is 0 Å². The smallest absolute Gasteiger partial charge is 0.319 e. The number of likely N-dealkylation sites (tertiary alicyclic amines) is 1. The molecule has 4 atom stereocenters. The van der Waals surface area contributed by atoms with Crippen molar-refractivity contribution in [2.45, 2.75) is 45.2 Å². The second-order valence-electron chi connectivity index (χ2n) is 13.2. The van der Waals surface area contributed by atoms with Crippen LogP contribution >= 0.6 is 0 Å². The lowest BCUT2D eigenvalue weighted by Gasteiger charge is -2.44. The second-order valence-corrected chi connectivity index (χ2v) is 13.2. The SMILES string of the molecule is C#Cc1c(F)ccc2cc(O)cc(-c3ncc4c(N5C[C@H]6CC[C@@H](C5)N6)nc(OC[C@@]5(C)CN(CC)CC[C@H]5CF)nc4c3F)c12. The number of piperidine rings is 1. The Balaban J connectivity index is 1.36. The minimum absolute atomic E-state index is 0.00647. The normalized spacial score (nSPS) is 24.9. The fraction of sp³-hybridized carbons (Fsp3) is 0.457. The molecule has 0 radical (unpaired) electrons. The number of halogens is 3. The van der Waals surface area contributed by atoms with Gasteiger partial charge in [0.05, 0.1) is 24.2 Å². The molecule has 2 aromatic heterocycles. The molecule has 240 valence electrons. The highest BCUT2D eigenvalue weighted by atomic mass is 19.1. The van der Waals surface area contributed by atoms with Gasteiger partial charge in [-0.1, -0.05) is 25.8 Å². The maximum atomic E-state index is 16.8. The molecule has 5 heterocycles. The molecule has 0 amide bonds. The van der Waals surface area contributed by atoms with Crippen LogP contribution in [0.15, 0.2) is 30.5 Å². The topological polar surface area (TPSA) is 86.6 Å². The third kappa shape index (κ3) is 5.27. The number of aromatic hydroxyl groups is 1. The van der Waals surface area contributed by atoms with E-state index in [4.69, 9.17) is 16.1 Å². The van der Waals surface area contributed by atoms with Crippen molar-refractivity contribution in [2.75, 3.05) is 50.9 Å². The lowest BCUT2D eigenvalue weighted by Crippen LogP contribution is -2.51. The summed E-state index contributed by atoms with van der Waals surface area (Å²) in [6, 6.07) is 6.03. The molecule has 2 aromatic carbocycles. The van der Waals surface area contributed by atoms with E-state index in [0.717, 1.165) is 32.4 Å². The Morgan fingerprint density at radius 3 is 2.65 bits per heavy atom. The molecule has 0 spiro atoms. The minimum Gasteiger partial charge on any atom is -0.508 e. The van der Waals surface area contributed by atoms with Gasteiger partial charge in [-0.25, -0.2) is 8.78 Å². The average Bonchev–Trinajstić information content (AvgIpc) is 3.40. The standard InChI is InChI=1S/C35H37F3N6O2/c1-4-25-28(37)9-6-20-12-24(45)13-26(29(20)25)31-30(38)32-27(15-39-31)33(44-16-22-7-8-23(17-44)40-22)42-34(41-32)46-19-35(3)18-43(5-2)11-10-21(35)14-36/h1,6,9,12-13,15,21-23,40,45H,5,7-8,10-11,14,16-19H2,2-3H3/t21-,22-,23+,35+/m0/s1. The molecule has 7 rings (SSSR count). The zero-order valence-electron chi connectivity index (χ0n) is 26.0. The van der Waals surface area contributed by atoms with Crippen LogP contribution in [0, 0.1) is 35.3 Å². The van der Waals surface area contributed by atoms with Crippen LogP contribution in [0.5, 0.6) is 11.8 Å². The van der Waals surface area contributed by atoms with Crippen molar-refractivity contribution < 1.29 is 23.0 Å². The van der Waals surface area contributed by atoms with Gasteiger partial charge in [-0.15, -0.1) is 6.42 Å². The van der Waals surface area contributed by atoms with Gasteiger partial charge in [0.2, 0.25) is 0 Å². The highest BCUT2D eigenvalue weighted by molar-refractivity contribution is 6.03. The highest BCUT2D eigenvalue weighted by Gasteiger charge is 2.41. The number of pyridine rings is 1. The summed E-state index contributed by atoms with van der Waals surface area (Å²) in [5, 5.41) is 15.3. The van der Waals surface area contributed by atoms with Crippen LogP contribution in [-0.4, -0.2) is 83.0 Å². The van der Waals surface area contributed by atoms with Crippen LogP contribution in [0.25, 0.3) is 32.9 Å². The molecular formula is C35H37F3N6O2. The van der Waals surface area contributed by atoms with Gasteiger partial charge in [0.25, 0.3) is 0 Å². The Kier molecular flexibility index (Phi) is 7.89. The summed E-state index contributed by atoms with van der Waals surface area (Å²) in [6.07, 6.45) is 10.0. The molecule has 0 aliphatic carbocycles. The average molecular weight is 631 g/mol. The molecule has 2 N–H and O–H groups in total. The third-order valence-electron chi connectivity index (χ3n) is 10.1. The van der Waals surface area contributed by atoms with E-state index in [2.05, 4.69) is 37.9 Å². The Labute approximate surface area is 266 Å². The maximum Gasteiger partial charge on any atom is 0.319 e. The third-order valence-corrected chi connectivity index (χ3v) is 10.1. The number of rotatable bonds is 7. The molecule has 11 heteroatoms. The highest BCUT2D eigenvalue weighted by Crippen LogP contribution is 2.40. The molecule has 3 aliphatic heterocycles. The summed E-state index contributed by atoms with van der Waals surface area (Å²) in [5.74, 6) is 1.14. The first-order valence-electron chi connectivity index (χ1n) is 15.9. The number of aromatic nitrogens is 3. The van der Waals surface area contributed by atoms with E-state index in [9.17, 15) is 13.9 Å². The van der Waals surface area contributed by atoms with Crippen molar-refractivity contribution in [2.24, 2.45) is 11.3 Å². The van der Waals surface area contributed by atoms with Crippen LogP contribution in [0.2, 0.25) is 0 Å². The van der Waals surface area contributed by atoms with Gasteiger partial charge in [-0.05, 0) is 61.9 Å². The van der Waals surface area contributed by atoms with Crippen molar-refractivity contribution in [3.05, 3.63) is 47.7 Å². The predicted octanol–water partition coefficient (Wildman–Crippen LogP) is 5.45. The number of terminal acetylenes is 1. The van der Waals surface area contributed by atoms with Crippen molar-refractivity contribution in [3.8, 4) is 35.4 Å². The number of anilines is 1. The lowest BCUT2D eigenvalue weighted by molar-refractivity contribution is -0.00718. The van der Waals surface area contributed by atoms with Crippen molar-refractivity contribution >= 4 is 27.5 Å². The van der Waals surface area contributed by atoms with E-state index >= 15 is 4.39 Å². The van der Waals surface area contributed by atoms with E-state index in [1.807, 2.05) is 6.92 Å². The Morgan fingerprint density at radius 1 is 1.15 bits per heavy atom. The van der Waals surface area contributed by atoms with E-state index < -0.39 is 23.7 Å². The molecule has 0 unspecified atom stereocenters. The van der Waals surface area contributed by atoms with Crippen molar-refractivity contribution in [1.82, 2.24) is 25.2 Å². The zero-order valence-corrected chi connectivity index (χ0v) is 26.0. The molecule has 0 saturated carbocycles. The number of nitrogens with zero attached hydrogens (tertiary/aromatic N) is 5. The molecule has 46 heavy (non-hydrogen) atoms. The molecule has 3 aliphatic rings. The van der Waals surface area contributed by atoms with Crippen LogP contribution in [0.3, 0.4) is 0 Å². The van der Waals surface area contributed by atoms with Gasteiger partial charge in [0, 0.05) is 54.3 Å². The first kappa shape index (κ1) is 30.5. The molecule has 3 fully saturated rings. The summed E-state index contributed by atoms with van der Waals surface area (Å²) in [6.45, 7) is 7.53. The van der Waals surface area contributed by atoms with E-state index in [-0.39, 0.29) is 64.1 Å². The summed E-state index contributed by atoms with van der Waals surface area (Å²) < 4.78 is 52.1. The number of hydrogen-bond donors (Lipinski definition) is 2. The second kappa shape index (κ2) is 11.9. The molecule has 8 nitrogen and oxygen atoms in total. The number of phenolic OH excluding ortho intramolecular Hbond substituents is 1. The van der Waals surface area contributed by atoms with E-state index in [1.54, 1.807) is 0 Å². The van der Waals surface area contributed by atoms with E-state index in [1.165, 1.54) is 30.5 Å². The van der Waals surface area contributed by atoms with Crippen LogP contribution in [-0.2, 0) is 0 Å². The van der Waals surface area contributed by atoms with Gasteiger partial charge in [-0.3, -0.25) is 9.37 Å². The summed E-state index contributed by atoms with van der Waals surface area (Å²) in [7, 11) is 0. The van der Waals surface area contributed by atoms with Crippen LogP contribution < -0.4 is 15.0 Å². The Hall–Kier alpha value is -4.14. The van der Waals surface area contributed by atoms with Gasteiger partial charge >= 0.3 is 6.01 Å². The monoisotopic (exact) mass is 630 g/mol. The summed E-state index contributed by atoms with van der Waals surface area (Å²) in [4.78, 5) is 18.3. The predicted molar refractivity (Wildman–Crippen MR) is 172 cm³/mol. The zero-order chi connectivity index (χ0) is 32.2. The summed E-state index contributed by atoms with van der Waals surface area (Å²) >= 11 is 0. The molecular weight excluding hydrogens is 593 g/mol. The number of ether oxygens (including phenoxy) is 1. The first-order chi connectivity index (χ1) is 22.2. The van der Waals surface area contributed by atoms with Gasteiger partial charge < -0.3 is 25.0 Å². The first-order valence-corrected chi connectivity index (χ1v) is 15.9. The Bertz CT molecular complexity index is 1850. The molecule has 2 bridgehead atoms. The lowest BCUT2D eigenvalue weighted by atomic mass is 9.73. The van der Waals surface area contributed by atoms with Crippen LogP contribution in [0.1, 0.15) is 38.7 Å². The fourth-order valence-corrected chi connectivity index (χ4v) is 7.57. The van der Waals surface area contributed by atoms with Gasteiger partial charge in [-0.2, -0.15) is 9.97 Å². The van der Waals surface area contributed by atoms with E-state index in [0.29, 0.717) is 36.2 Å². The largest absolute Gasteiger partial charge is 0.508 e. The fourth-order valence-electron chi connectivity index (χ4n) is 7.57. The van der Waals surface area contributed by atoms with Crippen LogP contribution in [0.4, 0.5) is 19.0 Å². The number of fused-ring (bicyclic) bond motifs is 4. The number of alkyl halides is 1. The summed E-state index contributed by atoms with van der Waals surface area (Å²) in [5.41, 5.74) is -0.557. The quantitative estimate of drug-likeness (QED) is 0.261. The minimum atomic E-state index is -0.772. The number of piperazine rings is 1. The number of phenols is 1. The number of nitrogens with one attached hydrogen (secondary N) is 1. The maximum absolute atomic E-state index is 16.8. The molecule has 3 saturated heterocycles. The van der Waals surface area contributed by atoms with Gasteiger partial charge in [0.15, 0.2) is 5.82 Å². The van der Waals surface area contributed by atoms with Gasteiger partial charge in [0.1, 0.15) is 28.6 Å². The van der Waals surface area contributed by atoms with Crippen molar-refractivity contribution in [3.63, 3.8) is 0 Å². The number of benzene rings is 2. The number of hydrogen-bond acceptors (Lipinski definition) is 8. The Morgan fingerprint density at radius 2 is 1.93 bits per heavy atom.